The third-order valence-corrected chi connectivity index (χ3v) is 7.91. The van der Waals surface area contributed by atoms with Crippen molar-refractivity contribution in [2.24, 2.45) is 7.05 Å². The van der Waals surface area contributed by atoms with Gasteiger partial charge in [0.15, 0.2) is 0 Å². The first-order valence-corrected chi connectivity index (χ1v) is 12.0. The summed E-state index contributed by atoms with van der Waals surface area (Å²) in [4.78, 5) is 28.1. The van der Waals surface area contributed by atoms with Crippen LogP contribution in [0.4, 0.5) is 0 Å². The molecule has 0 saturated carbocycles. The Hall–Kier alpha value is -2.23. The fraction of sp³-hybridized carbons (Fsp3) is 0.524. The topological polar surface area (TPSA) is 91.7 Å². The molecule has 2 fully saturated rings. The third kappa shape index (κ3) is 4.01. The van der Waals surface area contributed by atoms with E-state index in [9.17, 15) is 18.0 Å². The highest BCUT2D eigenvalue weighted by Crippen LogP contribution is 2.23. The lowest BCUT2D eigenvalue weighted by Crippen LogP contribution is -2.35. The summed E-state index contributed by atoms with van der Waals surface area (Å²) in [5.74, 6) is -0.426. The van der Waals surface area contributed by atoms with Gasteiger partial charge in [-0.05, 0) is 57.0 Å². The van der Waals surface area contributed by atoms with Crippen LogP contribution in [0, 0.1) is 0 Å². The van der Waals surface area contributed by atoms with Crippen molar-refractivity contribution >= 4 is 26.8 Å². The Bertz CT molecular complexity index is 1110. The van der Waals surface area contributed by atoms with E-state index in [1.807, 2.05) is 0 Å². The lowest BCUT2D eigenvalue weighted by Gasteiger charge is -2.17. The molecule has 0 aliphatic carbocycles. The maximum Gasteiger partial charge on any atom is 0.256 e. The van der Waals surface area contributed by atoms with Crippen molar-refractivity contribution < 1.29 is 13.2 Å². The van der Waals surface area contributed by atoms with Crippen LogP contribution in [0.2, 0.25) is 0 Å². The number of rotatable bonds is 6. The maximum atomic E-state index is 13.0. The summed E-state index contributed by atoms with van der Waals surface area (Å²) in [6, 6.07) is 4.58. The van der Waals surface area contributed by atoms with Gasteiger partial charge < -0.3 is 14.8 Å². The number of fused-ring (bicyclic) bond motifs is 1. The monoisotopic (exact) mass is 432 g/mol. The van der Waals surface area contributed by atoms with Crippen molar-refractivity contribution in [3.63, 3.8) is 0 Å². The highest BCUT2D eigenvalue weighted by atomic mass is 32.2. The van der Waals surface area contributed by atoms with E-state index >= 15 is 0 Å². The quantitative estimate of drug-likeness (QED) is 0.739. The van der Waals surface area contributed by atoms with E-state index in [0.717, 1.165) is 32.5 Å². The number of hydrogen-bond acceptors (Lipinski definition) is 5. The van der Waals surface area contributed by atoms with E-state index < -0.39 is 21.4 Å². The van der Waals surface area contributed by atoms with E-state index in [0.29, 0.717) is 25.2 Å². The zero-order chi connectivity index (χ0) is 21.3. The second-order valence-electron chi connectivity index (χ2n) is 8.08. The second-order valence-corrected chi connectivity index (χ2v) is 10.0. The molecule has 162 valence electrons. The van der Waals surface area contributed by atoms with Crippen LogP contribution in [-0.4, -0.2) is 67.4 Å². The fourth-order valence-electron chi connectivity index (χ4n) is 4.30. The molecule has 0 radical (unpaired) electrons. The predicted molar refractivity (Wildman–Crippen MR) is 115 cm³/mol. The van der Waals surface area contributed by atoms with Crippen LogP contribution in [0.25, 0.3) is 10.9 Å². The van der Waals surface area contributed by atoms with Gasteiger partial charge in [0, 0.05) is 44.8 Å². The Morgan fingerprint density at radius 1 is 1.07 bits per heavy atom. The summed E-state index contributed by atoms with van der Waals surface area (Å²) >= 11 is 0. The summed E-state index contributed by atoms with van der Waals surface area (Å²) in [5.41, 5.74) is 0.177. The normalized spacial score (nSPS) is 18.3. The number of likely N-dealkylation sites (tertiary alicyclic amines) is 1. The minimum absolute atomic E-state index is 0.0298. The lowest BCUT2D eigenvalue weighted by molar-refractivity contribution is 0.0948. The second kappa shape index (κ2) is 8.49. The summed E-state index contributed by atoms with van der Waals surface area (Å²) in [6.45, 7) is 4.32. The van der Waals surface area contributed by atoms with Gasteiger partial charge in [0.1, 0.15) is 5.56 Å². The van der Waals surface area contributed by atoms with Gasteiger partial charge in [-0.1, -0.05) is 0 Å². The largest absolute Gasteiger partial charge is 0.351 e. The van der Waals surface area contributed by atoms with E-state index in [1.54, 1.807) is 17.7 Å². The minimum atomic E-state index is -3.64. The van der Waals surface area contributed by atoms with Crippen molar-refractivity contribution in [1.82, 2.24) is 19.1 Å². The van der Waals surface area contributed by atoms with Gasteiger partial charge in [0.25, 0.3) is 5.91 Å². The molecule has 0 bridgehead atoms. The van der Waals surface area contributed by atoms with E-state index in [1.165, 1.54) is 35.5 Å². The number of nitrogens with zero attached hydrogens (tertiary/aromatic N) is 3. The average Bonchev–Trinajstić information content (AvgIpc) is 3.44. The molecule has 1 N–H and O–H groups in total. The Kier molecular flexibility index (Phi) is 5.95. The van der Waals surface area contributed by atoms with E-state index in [2.05, 4.69) is 10.2 Å². The number of hydrogen-bond donors (Lipinski definition) is 1. The van der Waals surface area contributed by atoms with Crippen LogP contribution in [0.15, 0.2) is 34.1 Å². The number of amides is 1. The molecule has 1 aromatic heterocycles. The molecule has 8 nitrogen and oxygen atoms in total. The van der Waals surface area contributed by atoms with Gasteiger partial charge in [0.2, 0.25) is 15.5 Å². The first kappa shape index (κ1) is 21.0. The number of nitrogens with one attached hydrogen (secondary N) is 1. The molecule has 2 aliphatic heterocycles. The van der Waals surface area contributed by atoms with E-state index in [4.69, 9.17) is 0 Å². The van der Waals surface area contributed by atoms with Gasteiger partial charge in [-0.3, -0.25) is 9.59 Å². The molecule has 30 heavy (non-hydrogen) atoms. The fourth-order valence-corrected chi connectivity index (χ4v) is 5.84. The van der Waals surface area contributed by atoms with Gasteiger partial charge in [-0.2, -0.15) is 4.31 Å². The number of aromatic nitrogens is 1. The molecule has 3 heterocycles. The Morgan fingerprint density at radius 3 is 2.43 bits per heavy atom. The van der Waals surface area contributed by atoms with Gasteiger partial charge in [-0.25, -0.2) is 8.42 Å². The first-order chi connectivity index (χ1) is 14.4. The number of benzene rings is 1. The van der Waals surface area contributed by atoms with Crippen LogP contribution in [0.3, 0.4) is 0 Å². The highest BCUT2D eigenvalue weighted by Gasteiger charge is 2.28. The van der Waals surface area contributed by atoms with Crippen LogP contribution in [0.1, 0.15) is 36.0 Å². The smallest absolute Gasteiger partial charge is 0.256 e. The lowest BCUT2D eigenvalue weighted by atomic mass is 10.1. The molecule has 2 aliphatic rings. The number of aryl methyl sites for hydroxylation is 1. The van der Waals surface area contributed by atoms with Crippen molar-refractivity contribution in [3.8, 4) is 0 Å². The van der Waals surface area contributed by atoms with Crippen molar-refractivity contribution in [2.75, 3.05) is 39.3 Å². The van der Waals surface area contributed by atoms with Crippen molar-refractivity contribution in [3.05, 3.63) is 40.2 Å². The van der Waals surface area contributed by atoms with Crippen LogP contribution in [-0.2, 0) is 17.1 Å². The molecular weight excluding hydrogens is 404 g/mol. The van der Waals surface area contributed by atoms with Gasteiger partial charge in [0.05, 0.1) is 10.4 Å². The number of sulfonamides is 1. The molecule has 9 heteroatoms. The molecule has 0 atom stereocenters. The molecule has 1 aromatic carbocycles. The number of carbonyl (C=O) groups is 1. The van der Waals surface area contributed by atoms with Crippen LogP contribution < -0.4 is 10.7 Å². The molecule has 1 amide bonds. The van der Waals surface area contributed by atoms with Crippen molar-refractivity contribution in [2.45, 2.75) is 30.6 Å². The zero-order valence-electron chi connectivity index (χ0n) is 17.3. The van der Waals surface area contributed by atoms with Crippen LogP contribution in [0.5, 0.6) is 0 Å². The average molecular weight is 433 g/mol. The van der Waals surface area contributed by atoms with Crippen molar-refractivity contribution in [1.29, 1.82) is 0 Å². The summed E-state index contributed by atoms with van der Waals surface area (Å²) in [6.07, 6.45) is 5.57. The summed E-state index contributed by atoms with van der Waals surface area (Å²) in [7, 11) is -1.89. The SMILES string of the molecule is Cn1cc(C(=O)NCCN2CCCC2)c(=O)c2cc(S(=O)(=O)N3CCCC3)ccc21. The van der Waals surface area contributed by atoms with E-state index in [-0.39, 0.29) is 15.8 Å². The first-order valence-electron chi connectivity index (χ1n) is 10.5. The Labute approximate surface area is 176 Å². The Balaban J connectivity index is 1.62. The number of pyridine rings is 1. The highest BCUT2D eigenvalue weighted by molar-refractivity contribution is 7.89. The molecule has 0 spiro atoms. The minimum Gasteiger partial charge on any atom is -0.351 e. The molecular formula is C21H28N4O4S. The molecule has 2 saturated heterocycles. The van der Waals surface area contributed by atoms with Gasteiger partial charge >= 0.3 is 0 Å². The maximum absolute atomic E-state index is 13.0. The third-order valence-electron chi connectivity index (χ3n) is 6.02. The molecule has 2 aromatic rings. The predicted octanol–water partition coefficient (Wildman–Crippen LogP) is 1.15. The molecule has 4 rings (SSSR count). The summed E-state index contributed by atoms with van der Waals surface area (Å²) < 4.78 is 28.9. The zero-order valence-corrected chi connectivity index (χ0v) is 18.1. The van der Waals surface area contributed by atoms with Gasteiger partial charge in [-0.15, -0.1) is 0 Å². The standard InChI is InChI=1S/C21H28N4O4S/c1-23-15-18(21(27)22-8-13-24-9-2-3-10-24)20(26)17-14-16(6-7-19(17)23)30(28,29)25-11-4-5-12-25/h6-7,14-15H,2-5,8-13H2,1H3,(H,22,27). The summed E-state index contributed by atoms with van der Waals surface area (Å²) in [5, 5.41) is 3.07. The molecule has 0 unspecified atom stereocenters. The number of carbonyl (C=O) groups excluding carboxylic acids is 1. The van der Waals surface area contributed by atoms with Crippen LogP contribution >= 0.6 is 0 Å². The Morgan fingerprint density at radius 2 is 1.73 bits per heavy atom.